The van der Waals surface area contributed by atoms with Gasteiger partial charge in [-0.1, -0.05) is 30.3 Å². The molecule has 1 aromatic carbocycles. The van der Waals surface area contributed by atoms with Gasteiger partial charge in [-0.15, -0.1) is 0 Å². The van der Waals surface area contributed by atoms with Gasteiger partial charge in [0.05, 0.1) is 17.5 Å². The predicted molar refractivity (Wildman–Crippen MR) is 93.4 cm³/mol. The number of aromatic nitrogens is 2. The molecule has 116 valence electrons. The summed E-state index contributed by atoms with van der Waals surface area (Å²) in [7, 11) is 0. The standard InChI is InChI=1S/C20H14N2O2/c23-20-19(15-5-2-1-3-6-15)16(14-8-10-21-11-9-14)13-17(22-20)18-7-4-12-24-18/h1-13H,(H,22,23). The Labute approximate surface area is 138 Å². The topological polar surface area (TPSA) is 58.9 Å². The Hall–Kier alpha value is -3.40. The molecule has 0 aliphatic carbocycles. The monoisotopic (exact) mass is 314 g/mol. The van der Waals surface area contributed by atoms with Gasteiger partial charge in [0.15, 0.2) is 0 Å². The maximum Gasteiger partial charge on any atom is 0.257 e. The third kappa shape index (κ3) is 2.54. The van der Waals surface area contributed by atoms with E-state index in [1.54, 1.807) is 24.7 Å². The molecular weight excluding hydrogens is 300 g/mol. The van der Waals surface area contributed by atoms with Crippen molar-refractivity contribution in [1.29, 1.82) is 0 Å². The van der Waals surface area contributed by atoms with E-state index in [0.717, 1.165) is 16.7 Å². The van der Waals surface area contributed by atoms with E-state index in [2.05, 4.69) is 9.97 Å². The zero-order valence-corrected chi connectivity index (χ0v) is 12.8. The lowest BCUT2D eigenvalue weighted by atomic mass is 9.95. The minimum Gasteiger partial charge on any atom is -0.463 e. The molecule has 0 saturated heterocycles. The molecule has 24 heavy (non-hydrogen) atoms. The Bertz CT molecular complexity index is 1000. The van der Waals surface area contributed by atoms with Gasteiger partial charge >= 0.3 is 0 Å². The Morgan fingerprint density at radius 3 is 2.38 bits per heavy atom. The Morgan fingerprint density at radius 2 is 1.67 bits per heavy atom. The second kappa shape index (κ2) is 6.01. The molecule has 0 bridgehead atoms. The molecule has 0 atom stereocenters. The smallest absolute Gasteiger partial charge is 0.257 e. The van der Waals surface area contributed by atoms with Crippen LogP contribution in [0.15, 0.2) is 88.5 Å². The van der Waals surface area contributed by atoms with Crippen LogP contribution >= 0.6 is 0 Å². The summed E-state index contributed by atoms with van der Waals surface area (Å²) in [5.41, 5.74) is 3.79. The number of H-pyrrole nitrogens is 1. The SMILES string of the molecule is O=c1[nH]c(-c2ccco2)cc(-c2ccncc2)c1-c1ccccc1. The van der Waals surface area contributed by atoms with Crippen molar-refractivity contribution in [2.75, 3.05) is 0 Å². The Balaban J connectivity index is 2.01. The lowest BCUT2D eigenvalue weighted by molar-refractivity contribution is 0.580. The quantitative estimate of drug-likeness (QED) is 0.611. The van der Waals surface area contributed by atoms with E-state index in [4.69, 9.17) is 4.42 Å². The van der Waals surface area contributed by atoms with E-state index in [9.17, 15) is 4.79 Å². The molecule has 0 spiro atoms. The first kappa shape index (κ1) is 14.2. The maximum absolute atomic E-state index is 12.8. The van der Waals surface area contributed by atoms with Crippen LogP contribution < -0.4 is 5.56 Å². The van der Waals surface area contributed by atoms with E-state index < -0.39 is 0 Å². The Kier molecular flexibility index (Phi) is 3.56. The van der Waals surface area contributed by atoms with Crippen molar-refractivity contribution in [3.63, 3.8) is 0 Å². The highest BCUT2D eigenvalue weighted by Gasteiger charge is 2.15. The highest BCUT2D eigenvalue weighted by atomic mass is 16.3. The first-order valence-corrected chi connectivity index (χ1v) is 7.60. The number of pyridine rings is 2. The van der Waals surface area contributed by atoms with Crippen LogP contribution in [0.5, 0.6) is 0 Å². The van der Waals surface area contributed by atoms with Crippen molar-refractivity contribution in [1.82, 2.24) is 9.97 Å². The fourth-order valence-corrected chi connectivity index (χ4v) is 2.77. The summed E-state index contributed by atoms with van der Waals surface area (Å²) in [6, 6.07) is 19.0. The van der Waals surface area contributed by atoms with Crippen LogP contribution in [0.1, 0.15) is 0 Å². The van der Waals surface area contributed by atoms with Gasteiger partial charge in [0.2, 0.25) is 0 Å². The highest BCUT2D eigenvalue weighted by molar-refractivity contribution is 5.84. The van der Waals surface area contributed by atoms with E-state index in [1.807, 2.05) is 54.6 Å². The Morgan fingerprint density at radius 1 is 0.875 bits per heavy atom. The highest BCUT2D eigenvalue weighted by Crippen LogP contribution is 2.31. The van der Waals surface area contributed by atoms with Crippen molar-refractivity contribution in [2.24, 2.45) is 0 Å². The number of benzene rings is 1. The summed E-state index contributed by atoms with van der Waals surface area (Å²) >= 11 is 0. The number of furan rings is 1. The van der Waals surface area contributed by atoms with Crippen LogP contribution in [0.25, 0.3) is 33.7 Å². The van der Waals surface area contributed by atoms with Gasteiger partial charge in [0, 0.05) is 12.4 Å². The van der Waals surface area contributed by atoms with Crippen LogP contribution in [0.3, 0.4) is 0 Å². The number of nitrogens with zero attached hydrogens (tertiary/aromatic N) is 1. The lowest BCUT2D eigenvalue weighted by Gasteiger charge is -2.11. The number of rotatable bonds is 3. The minimum absolute atomic E-state index is 0.151. The summed E-state index contributed by atoms with van der Waals surface area (Å²) in [6.07, 6.45) is 5.03. The molecule has 0 aliphatic heterocycles. The van der Waals surface area contributed by atoms with Crippen LogP contribution in [-0.4, -0.2) is 9.97 Å². The maximum atomic E-state index is 12.8. The van der Waals surface area contributed by atoms with Gasteiger partial charge in [-0.25, -0.2) is 0 Å². The molecule has 0 amide bonds. The third-order valence-electron chi connectivity index (χ3n) is 3.87. The van der Waals surface area contributed by atoms with Gasteiger partial charge in [0.1, 0.15) is 5.76 Å². The molecule has 4 rings (SSSR count). The molecule has 3 heterocycles. The molecule has 0 aliphatic rings. The summed E-state index contributed by atoms with van der Waals surface area (Å²) in [4.78, 5) is 19.8. The summed E-state index contributed by atoms with van der Waals surface area (Å²) in [5, 5.41) is 0. The minimum atomic E-state index is -0.151. The molecule has 0 radical (unpaired) electrons. The van der Waals surface area contributed by atoms with Gasteiger partial charge in [-0.2, -0.15) is 0 Å². The molecule has 4 heteroatoms. The molecular formula is C20H14N2O2. The van der Waals surface area contributed by atoms with Crippen LogP contribution in [0, 0.1) is 0 Å². The molecule has 1 N–H and O–H groups in total. The first-order chi connectivity index (χ1) is 11.8. The van der Waals surface area contributed by atoms with Crippen molar-refractivity contribution in [3.8, 4) is 33.7 Å². The fourth-order valence-electron chi connectivity index (χ4n) is 2.77. The molecule has 0 saturated carbocycles. The predicted octanol–water partition coefficient (Wildman–Crippen LogP) is 4.36. The third-order valence-corrected chi connectivity index (χ3v) is 3.87. The van der Waals surface area contributed by atoms with Crippen LogP contribution in [0.2, 0.25) is 0 Å². The van der Waals surface area contributed by atoms with Crippen molar-refractivity contribution >= 4 is 0 Å². The normalized spacial score (nSPS) is 10.7. The van der Waals surface area contributed by atoms with E-state index in [0.29, 0.717) is 17.0 Å². The second-order valence-electron chi connectivity index (χ2n) is 5.38. The van der Waals surface area contributed by atoms with Crippen molar-refractivity contribution in [2.45, 2.75) is 0 Å². The zero-order chi connectivity index (χ0) is 16.4. The number of hydrogen-bond donors (Lipinski definition) is 1. The fraction of sp³-hybridized carbons (Fsp3) is 0. The van der Waals surface area contributed by atoms with Crippen molar-refractivity contribution in [3.05, 3.63) is 89.7 Å². The van der Waals surface area contributed by atoms with E-state index in [1.165, 1.54) is 0 Å². The van der Waals surface area contributed by atoms with Crippen molar-refractivity contribution < 1.29 is 4.42 Å². The first-order valence-electron chi connectivity index (χ1n) is 7.60. The average molecular weight is 314 g/mol. The molecule has 0 unspecified atom stereocenters. The number of hydrogen-bond acceptors (Lipinski definition) is 3. The number of nitrogens with one attached hydrogen (secondary N) is 1. The summed E-state index contributed by atoms with van der Waals surface area (Å²) < 4.78 is 5.43. The van der Waals surface area contributed by atoms with Gasteiger partial charge < -0.3 is 9.40 Å². The van der Waals surface area contributed by atoms with Gasteiger partial charge in [0.25, 0.3) is 5.56 Å². The van der Waals surface area contributed by atoms with Crippen LogP contribution in [0.4, 0.5) is 0 Å². The zero-order valence-electron chi connectivity index (χ0n) is 12.8. The lowest BCUT2D eigenvalue weighted by Crippen LogP contribution is -2.11. The second-order valence-corrected chi connectivity index (χ2v) is 5.38. The van der Waals surface area contributed by atoms with Gasteiger partial charge in [-0.3, -0.25) is 9.78 Å². The summed E-state index contributed by atoms with van der Waals surface area (Å²) in [6.45, 7) is 0. The molecule has 0 fully saturated rings. The summed E-state index contributed by atoms with van der Waals surface area (Å²) in [5.74, 6) is 0.627. The van der Waals surface area contributed by atoms with Crippen LogP contribution in [-0.2, 0) is 0 Å². The average Bonchev–Trinajstić information content (AvgIpc) is 3.17. The van der Waals surface area contributed by atoms with E-state index in [-0.39, 0.29) is 5.56 Å². The molecule has 4 nitrogen and oxygen atoms in total. The molecule has 4 aromatic rings. The van der Waals surface area contributed by atoms with Gasteiger partial charge in [-0.05, 0) is 47.0 Å². The molecule has 3 aromatic heterocycles. The number of aromatic amines is 1. The van der Waals surface area contributed by atoms with E-state index >= 15 is 0 Å². The largest absolute Gasteiger partial charge is 0.463 e.